The molecule has 1 aromatic carbocycles. The van der Waals surface area contributed by atoms with Gasteiger partial charge in [-0.25, -0.2) is 4.98 Å². The number of nitrogens with zero attached hydrogens (tertiary/aromatic N) is 3. The van der Waals surface area contributed by atoms with Gasteiger partial charge in [-0.1, -0.05) is 23.2 Å². The maximum absolute atomic E-state index is 12.9. The van der Waals surface area contributed by atoms with Gasteiger partial charge >= 0.3 is 0 Å². The highest BCUT2D eigenvalue weighted by Gasteiger charge is 2.21. The molecule has 0 spiro atoms. The molecule has 3 amide bonds. The van der Waals surface area contributed by atoms with Gasteiger partial charge in [0, 0.05) is 37.7 Å². The molecule has 1 aromatic heterocycles. The molecular formula is C21H26Cl2N4O4S. The standard InChI is InChI=1S/C21H26Cl2N4O4S/c1-4-26(5-2)19(29)11-15-13-32-21(24-15)25-18(28)12-27(8-9-31-3)20(30)14-6-7-16(22)17(23)10-14/h6-7,10,13H,4-5,8-9,11-12H2,1-3H3,(H,24,25,28). The lowest BCUT2D eigenvalue weighted by atomic mass is 10.2. The summed E-state index contributed by atoms with van der Waals surface area (Å²) in [5.74, 6) is -0.804. The molecule has 174 valence electrons. The normalized spacial score (nSPS) is 10.7. The van der Waals surface area contributed by atoms with E-state index in [9.17, 15) is 14.4 Å². The van der Waals surface area contributed by atoms with Crippen molar-refractivity contribution in [3.8, 4) is 0 Å². The molecule has 1 N–H and O–H groups in total. The molecule has 2 rings (SSSR count). The predicted octanol–water partition coefficient (Wildman–Crippen LogP) is 3.59. The number of rotatable bonds is 11. The number of nitrogens with one attached hydrogen (secondary N) is 1. The van der Waals surface area contributed by atoms with Gasteiger partial charge in [-0.3, -0.25) is 14.4 Å². The van der Waals surface area contributed by atoms with Crippen molar-refractivity contribution in [3.63, 3.8) is 0 Å². The molecule has 0 saturated heterocycles. The number of methoxy groups -OCH3 is 1. The van der Waals surface area contributed by atoms with E-state index in [1.807, 2.05) is 13.8 Å². The van der Waals surface area contributed by atoms with Gasteiger partial charge in [-0.2, -0.15) is 0 Å². The van der Waals surface area contributed by atoms with Gasteiger partial charge in [0.25, 0.3) is 5.91 Å². The fourth-order valence-corrected chi connectivity index (χ4v) is 3.91. The second kappa shape index (κ2) is 12.7. The zero-order valence-electron chi connectivity index (χ0n) is 18.2. The lowest BCUT2D eigenvalue weighted by Gasteiger charge is -2.22. The summed E-state index contributed by atoms with van der Waals surface area (Å²) >= 11 is 13.2. The minimum Gasteiger partial charge on any atom is -0.383 e. The number of amides is 3. The fourth-order valence-electron chi connectivity index (χ4n) is 2.89. The maximum Gasteiger partial charge on any atom is 0.254 e. The molecule has 0 fully saturated rings. The van der Waals surface area contributed by atoms with E-state index in [2.05, 4.69) is 10.3 Å². The second-order valence-electron chi connectivity index (χ2n) is 6.78. The zero-order chi connectivity index (χ0) is 23.7. The number of aromatic nitrogens is 1. The SMILES string of the molecule is CCN(CC)C(=O)Cc1csc(NC(=O)CN(CCOC)C(=O)c2ccc(Cl)c(Cl)c2)n1. The summed E-state index contributed by atoms with van der Waals surface area (Å²) < 4.78 is 5.06. The first-order valence-electron chi connectivity index (χ1n) is 10.0. The Bertz CT molecular complexity index is 950. The topological polar surface area (TPSA) is 91.8 Å². The third-order valence-corrected chi connectivity index (χ3v) is 6.15. The van der Waals surface area contributed by atoms with Gasteiger partial charge in [0.1, 0.15) is 6.54 Å². The highest BCUT2D eigenvalue weighted by molar-refractivity contribution is 7.13. The van der Waals surface area contributed by atoms with Gasteiger partial charge in [-0.05, 0) is 32.0 Å². The van der Waals surface area contributed by atoms with E-state index in [1.165, 1.54) is 35.5 Å². The second-order valence-corrected chi connectivity index (χ2v) is 8.46. The van der Waals surface area contributed by atoms with Crippen LogP contribution in [0.1, 0.15) is 29.9 Å². The third-order valence-electron chi connectivity index (χ3n) is 4.60. The van der Waals surface area contributed by atoms with Crippen molar-refractivity contribution in [1.29, 1.82) is 0 Å². The summed E-state index contributed by atoms with van der Waals surface area (Å²) in [6, 6.07) is 4.54. The monoisotopic (exact) mass is 500 g/mol. The van der Waals surface area contributed by atoms with Crippen LogP contribution in [0, 0.1) is 0 Å². The van der Waals surface area contributed by atoms with Crippen molar-refractivity contribution in [1.82, 2.24) is 14.8 Å². The first-order valence-corrected chi connectivity index (χ1v) is 11.7. The Hall–Kier alpha value is -2.20. The van der Waals surface area contributed by atoms with Gasteiger partial charge < -0.3 is 19.9 Å². The predicted molar refractivity (Wildman–Crippen MR) is 127 cm³/mol. The third kappa shape index (κ3) is 7.44. The number of anilines is 1. The average molecular weight is 501 g/mol. The number of benzene rings is 1. The van der Waals surface area contributed by atoms with Crippen molar-refractivity contribution in [2.75, 3.05) is 45.2 Å². The number of ether oxygens (including phenoxy) is 1. The molecule has 11 heteroatoms. The molecule has 0 aliphatic rings. The smallest absolute Gasteiger partial charge is 0.254 e. The quantitative estimate of drug-likeness (QED) is 0.508. The molecular weight excluding hydrogens is 475 g/mol. The Morgan fingerprint density at radius 1 is 1.12 bits per heavy atom. The van der Waals surface area contributed by atoms with Crippen LogP contribution in [0.15, 0.2) is 23.6 Å². The number of carbonyl (C=O) groups is 3. The molecule has 0 atom stereocenters. The summed E-state index contributed by atoms with van der Waals surface area (Å²) in [5, 5.41) is 5.38. The Morgan fingerprint density at radius 3 is 2.47 bits per heavy atom. The van der Waals surface area contributed by atoms with E-state index in [-0.39, 0.29) is 43.0 Å². The van der Waals surface area contributed by atoms with Crippen LogP contribution in [-0.2, 0) is 20.7 Å². The number of hydrogen-bond acceptors (Lipinski definition) is 6. The van der Waals surface area contributed by atoms with E-state index in [1.54, 1.807) is 16.3 Å². The van der Waals surface area contributed by atoms with Crippen LogP contribution in [0.3, 0.4) is 0 Å². The molecule has 2 aromatic rings. The summed E-state index contributed by atoms with van der Waals surface area (Å²) in [4.78, 5) is 45.1. The first-order chi connectivity index (χ1) is 15.3. The van der Waals surface area contributed by atoms with Crippen molar-refractivity contribution < 1.29 is 19.1 Å². The molecule has 0 bridgehead atoms. The molecule has 8 nitrogen and oxygen atoms in total. The molecule has 0 saturated carbocycles. The van der Waals surface area contributed by atoms with Crippen molar-refractivity contribution >= 4 is 57.4 Å². The number of thiazole rings is 1. The van der Waals surface area contributed by atoms with Gasteiger partial charge in [0.15, 0.2) is 5.13 Å². The van der Waals surface area contributed by atoms with E-state index >= 15 is 0 Å². The maximum atomic E-state index is 12.9. The van der Waals surface area contributed by atoms with E-state index in [4.69, 9.17) is 27.9 Å². The van der Waals surface area contributed by atoms with Crippen LogP contribution < -0.4 is 5.32 Å². The Kier molecular flexibility index (Phi) is 10.4. The van der Waals surface area contributed by atoms with Crippen molar-refractivity contribution in [3.05, 3.63) is 44.9 Å². The van der Waals surface area contributed by atoms with Crippen LogP contribution in [0.25, 0.3) is 0 Å². The van der Waals surface area contributed by atoms with Crippen LogP contribution in [0.2, 0.25) is 10.0 Å². The van der Waals surface area contributed by atoms with Crippen LogP contribution in [0.4, 0.5) is 5.13 Å². The fraction of sp³-hybridized carbons (Fsp3) is 0.429. The van der Waals surface area contributed by atoms with Crippen molar-refractivity contribution in [2.24, 2.45) is 0 Å². The van der Waals surface area contributed by atoms with Gasteiger partial charge in [-0.15, -0.1) is 11.3 Å². The average Bonchev–Trinajstić information content (AvgIpc) is 3.19. The van der Waals surface area contributed by atoms with E-state index in [0.29, 0.717) is 34.5 Å². The lowest BCUT2D eigenvalue weighted by molar-refractivity contribution is -0.130. The van der Waals surface area contributed by atoms with Crippen molar-refractivity contribution in [2.45, 2.75) is 20.3 Å². The number of halogens is 2. The van der Waals surface area contributed by atoms with Crippen LogP contribution in [-0.4, -0.2) is 72.4 Å². The highest BCUT2D eigenvalue weighted by Crippen LogP contribution is 2.23. The minimum absolute atomic E-state index is 0.0175. The molecule has 0 aliphatic carbocycles. The summed E-state index contributed by atoms with van der Waals surface area (Å²) in [6.45, 7) is 5.38. The lowest BCUT2D eigenvalue weighted by Crippen LogP contribution is -2.40. The zero-order valence-corrected chi connectivity index (χ0v) is 20.5. The Morgan fingerprint density at radius 2 is 1.84 bits per heavy atom. The van der Waals surface area contributed by atoms with Crippen LogP contribution >= 0.6 is 34.5 Å². The minimum atomic E-state index is -0.412. The molecule has 0 radical (unpaired) electrons. The molecule has 1 heterocycles. The summed E-state index contributed by atoms with van der Waals surface area (Å²) in [7, 11) is 1.51. The van der Waals surface area contributed by atoms with Gasteiger partial charge in [0.2, 0.25) is 11.8 Å². The van der Waals surface area contributed by atoms with Crippen LogP contribution in [0.5, 0.6) is 0 Å². The van der Waals surface area contributed by atoms with E-state index < -0.39 is 5.91 Å². The number of hydrogen-bond donors (Lipinski definition) is 1. The molecule has 32 heavy (non-hydrogen) atoms. The largest absolute Gasteiger partial charge is 0.383 e. The molecule has 0 aliphatic heterocycles. The Balaban J connectivity index is 2.02. The summed E-state index contributed by atoms with van der Waals surface area (Å²) in [6.07, 6.45) is 0.170. The number of likely N-dealkylation sites (N-methyl/N-ethyl adjacent to an activating group) is 1. The first kappa shape index (κ1) is 26.1. The Labute approximate surface area is 201 Å². The highest BCUT2D eigenvalue weighted by atomic mass is 35.5. The van der Waals surface area contributed by atoms with E-state index in [0.717, 1.165) is 0 Å². The molecule has 0 unspecified atom stereocenters. The number of carbonyl (C=O) groups excluding carboxylic acids is 3. The van der Waals surface area contributed by atoms with Gasteiger partial charge in [0.05, 0.1) is 28.8 Å². The summed E-state index contributed by atoms with van der Waals surface area (Å²) in [5.41, 5.74) is 0.903.